The van der Waals surface area contributed by atoms with E-state index in [1.165, 1.54) is 0 Å². The molecule has 0 saturated heterocycles. The number of hydrogen-bond acceptors (Lipinski definition) is 1. The van der Waals surface area contributed by atoms with Gasteiger partial charge in [0, 0.05) is 12.1 Å². The number of nitrogens with zero attached hydrogens (tertiary/aromatic N) is 2. The van der Waals surface area contributed by atoms with E-state index in [0.717, 1.165) is 6.54 Å². The summed E-state index contributed by atoms with van der Waals surface area (Å²) >= 11 is 0. The van der Waals surface area contributed by atoms with Gasteiger partial charge in [0.25, 0.3) is 0 Å². The summed E-state index contributed by atoms with van der Waals surface area (Å²) in [6, 6.07) is 0. The Morgan fingerprint density at radius 1 is 1.06 bits per heavy atom. The van der Waals surface area contributed by atoms with Crippen molar-refractivity contribution in [3.63, 3.8) is 0 Å². The van der Waals surface area contributed by atoms with E-state index >= 15 is 0 Å². The molecule has 0 radical (unpaired) electrons. The number of rotatable bonds is 3. The Balaban J connectivity index is -0.000000616. The smallest absolute Gasteiger partial charge is 0.685 e. The van der Waals surface area contributed by atoms with Crippen LogP contribution in [0.3, 0.4) is 0 Å². The minimum Gasteiger partial charge on any atom is -0.685 e. The summed E-state index contributed by atoms with van der Waals surface area (Å²) in [7, 11) is 0. The molecule has 0 amide bonds. The molecule has 0 N–H and O–H groups in total. The summed E-state index contributed by atoms with van der Waals surface area (Å²) < 4.78 is 0. The van der Waals surface area contributed by atoms with Gasteiger partial charge in [-0.2, -0.15) is 13.1 Å². The summed E-state index contributed by atoms with van der Waals surface area (Å²) in [6.45, 7) is 21.1. The van der Waals surface area contributed by atoms with Gasteiger partial charge in [0.1, 0.15) is 0 Å². The monoisotopic (exact) mass is 290 g/mol. The molecule has 2 nitrogen and oxygen atoms in total. The van der Waals surface area contributed by atoms with E-state index in [1.54, 1.807) is 6.92 Å². The predicted octanol–water partition coefficient (Wildman–Crippen LogP) is 4.59. The maximum atomic E-state index is 4.44. The van der Waals surface area contributed by atoms with E-state index in [4.69, 9.17) is 0 Å². The normalized spacial score (nSPS) is 11.4. The molecule has 0 atom stereocenters. The molecule has 0 bridgehead atoms. The molecule has 0 aliphatic carbocycles. The van der Waals surface area contributed by atoms with Crippen molar-refractivity contribution in [2.24, 2.45) is 0 Å². The van der Waals surface area contributed by atoms with E-state index in [9.17, 15) is 0 Å². The van der Waals surface area contributed by atoms with E-state index in [1.807, 2.05) is 6.20 Å². The van der Waals surface area contributed by atoms with Crippen molar-refractivity contribution in [3.05, 3.63) is 24.6 Å². The molecule has 17 heavy (non-hydrogen) atoms. The maximum Gasteiger partial charge on any atom is 2.00 e. The third-order valence-electron chi connectivity index (χ3n) is 1.91. The molecule has 0 spiro atoms. The minimum atomic E-state index is 0. The second kappa shape index (κ2) is 9.94. The molecule has 0 rings (SSSR count). The fraction of sp³-hybridized carbons (Fsp3) is 0.786. The van der Waals surface area contributed by atoms with Crippen LogP contribution in [0, 0.1) is 6.92 Å². The van der Waals surface area contributed by atoms with Crippen LogP contribution in [0.2, 0.25) is 0 Å². The topological polar surface area (TPSA) is 17.3 Å². The molecule has 98 valence electrons. The van der Waals surface area contributed by atoms with Crippen molar-refractivity contribution in [1.29, 1.82) is 0 Å². The zero-order valence-electron chi connectivity index (χ0n) is 13.2. The van der Waals surface area contributed by atoms with Crippen molar-refractivity contribution in [1.82, 2.24) is 4.90 Å². The zero-order chi connectivity index (χ0) is 13.4. The van der Waals surface area contributed by atoms with E-state index < -0.39 is 0 Å². The molecule has 0 aromatic rings. The van der Waals surface area contributed by atoms with Gasteiger partial charge in [0.05, 0.1) is 0 Å². The first-order valence-corrected chi connectivity index (χ1v) is 6.03. The Morgan fingerprint density at radius 2 is 1.47 bits per heavy atom. The van der Waals surface area contributed by atoms with Gasteiger partial charge >= 0.3 is 19.5 Å². The van der Waals surface area contributed by atoms with Crippen LogP contribution in [0.4, 0.5) is 0 Å². The summed E-state index contributed by atoms with van der Waals surface area (Å²) in [5.74, 6) is 0. The Bertz CT molecular complexity index is 187. The quantitative estimate of drug-likeness (QED) is 0.549. The molecule has 0 heterocycles. The molecule has 0 aromatic carbocycles. The molecule has 0 aliphatic heterocycles. The second-order valence-corrected chi connectivity index (χ2v) is 5.55. The van der Waals surface area contributed by atoms with Crippen LogP contribution in [0.5, 0.6) is 0 Å². The van der Waals surface area contributed by atoms with Crippen LogP contribution in [0.1, 0.15) is 55.4 Å². The summed E-state index contributed by atoms with van der Waals surface area (Å²) in [5.41, 5.74) is 0.201. The average Bonchev–Trinajstić information content (AvgIpc) is 2.12. The third kappa shape index (κ3) is 13.9. The van der Waals surface area contributed by atoms with Gasteiger partial charge in [-0.3, -0.25) is 0 Å². The molecule has 0 saturated carbocycles. The Morgan fingerprint density at radius 3 is 1.71 bits per heavy atom. The first-order valence-electron chi connectivity index (χ1n) is 6.03. The van der Waals surface area contributed by atoms with Gasteiger partial charge in [-0.25, -0.2) is 0 Å². The third-order valence-corrected chi connectivity index (χ3v) is 1.91. The Kier molecular flexibility index (Phi) is 13.0. The minimum absolute atomic E-state index is 0. The van der Waals surface area contributed by atoms with Crippen LogP contribution in [-0.2, 0) is 19.5 Å². The Labute approximate surface area is 122 Å². The van der Waals surface area contributed by atoms with Crippen LogP contribution in [0.25, 0.3) is 5.32 Å². The van der Waals surface area contributed by atoms with Crippen LogP contribution >= 0.6 is 0 Å². The van der Waals surface area contributed by atoms with Crippen molar-refractivity contribution in [2.75, 3.05) is 6.54 Å². The van der Waals surface area contributed by atoms with Gasteiger partial charge in [0.15, 0.2) is 0 Å². The van der Waals surface area contributed by atoms with Crippen LogP contribution in [0.15, 0.2) is 12.4 Å². The van der Waals surface area contributed by atoms with Gasteiger partial charge in [-0.05, 0) is 33.9 Å². The van der Waals surface area contributed by atoms with Gasteiger partial charge in [0.2, 0.25) is 0 Å². The van der Waals surface area contributed by atoms with Gasteiger partial charge in [-0.15, -0.1) is 5.54 Å². The van der Waals surface area contributed by atoms with E-state index in [0.29, 0.717) is 0 Å². The molecule has 0 fully saturated rings. The molecule has 0 aliphatic rings. The van der Waals surface area contributed by atoms with Crippen LogP contribution < -0.4 is 0 Å². The fourth-order valence-electron chi connectivity index (χ4n) is 1.14. The fourth-order valence-corrected chi connectivity index (χ4v) is 1.14. The maximum absolute atomic E-state index is 4.44. The van der Waals surface area contributed by atoms with E-state index in [-0.39, 0.29) is 30.6 Å². The molecule has 0 aromatic heterocycles. The first kappa shape index (κ1) is 22.2. The van der Waals surface area contributed by atoms with Crippen molar-refractivity contribution < 1.29 is 19.5 Å². The zero-order valence-corrected chi connectivity index (χ0v) is 16.1. The van der Waals surface area contributed by atoms with E-state index in [2.05, 4.69) is 71.8 Å². The molecule has 0 unspecified atom stereocenters. The molecular weight excluding hydrogens is 262 g/mol. The first-order chi connectivity index (χ1) is 7.17. The predicted molar refractivity (Wildman–Crippen MR) is 75.4 cm³/mol. The average molecular weight is 292 g/mol. The SMILES string of the molecule is CCN(/C=C\[N-]C(C)(C)C)C(C)(C)C.[CH2-]C.[Zn+2]. The number of hydrogen-bond donors (Lipinski definition) is 0. The molecule has 3 heteroatoms. The van der Waals surface area contributed by atoms with Crippen molar-refractivity contribution >= 4 is 0 Å². The standard InChI is InChI=1S/C12H25N2.C2H5.Zn/c1-8-14(12(5,6)7)10-9-13-11(2,3)4;1-2;/h9-10H,8H2,1-7H3;1H2,2H3;/q2*-1;+2/b10-9-;;. The van der Waals surface area contributed by atoms with Gasteiger partial charge < -0.3 is 17.1 Å². The summed E-state index contributed by atoms with van der Waals surface area (Å²) in [4.78, 5) is 2.28. The largest absolute Gasteiger partial charge is 2.00 e. The van der Waals surface area contributed by atoms with Crippen molar-refractivity contribution in [3.8, 4) is 0 Å². The van der Waals surface area contributed by atoms with Gasteiger partial charge in [-0.1, -0.05) is 20.8 Å². The van der Waals surface area contributed by atoms with Crippen LogP contribution in [-0.4, -0.2) is 22.5 Å². The summed E-state index contributed by atoms with van der Waals surface area (Å²) in [5, 5.41) is 4.44. The second-order valence-electron chi connectivity index (χ2n) is 5.55. The molecular formula is C14H30N2Zn. The van der Waals surface area contributed by atoms with Crippen molar-refractivity contribution in [2.45, 2.75) is 66.5 Å². The summed E-state index contributed by atoms with van der Waals surface area (Å²) in [6.07, 6.45) is 3.99. The Hall–Kier alpha value is -0.0366.